The van der Waals surface area contributed by atoms with E-state index in [0.29, 0.717) is 11.3 Å². The summed E-state index contributed by atoms with van der Waals surface area (Å²) in [5.74, 6) is -0.705. The van der Waals surface area contributed by atoms with Crippen LogP contribution in [0.15, 0.2) is 84.3 Å². The zero-order valence-electron chi connectivity index (χ0n) is 17.2. The van der Waals surface area contributed by atoms with Gasteiger partial charge in [0.2, 0.25) is 5.78 Å². The van der Waals surface area contributed by atoms with Gasteiger partial charge in [0, 0.05) is 5.69 Å². The van der Waals surface area contributed by atoms with Crippen LogP contribution in [0.1, 0.15) is 26.3 Å². The molecule has 0 spiro atoms. The fourth-order valence-electron chi connectivity index (χ4n) is 2.77. The van der Waals surface area contributed by atoms with Crippen molar-refractivity contribution in [2.45, 2.75) is 0 Å². The van der Waals surface area contributed by atoms with Crippen molar-refractivity contribution in [1.29, 1.82) is 0 Å². The second-order valence-corrected chi connectivity index (χ2v) is 8.20. The zero-order chi connectivity index (χ0) is 23.0. The summed E-state index contributed by atoms with van der Waals surface area (Å²) in [5, 5.41) is 1.06. The van der Waals surface area contributed by atoms with Gasteiger partial charge in [-0.2, -0.15) is 0 Å². The number of sulfonamides is 1. The molecule has 32 heavy (non-hydrogen) atoms. The summed E-state index contributed by atoms with van der Waals surface area (Å²) in [5.41, 5.74) is 1.53. The van der Waals surface area contributed by atoms with Crippen LogP contribution in [0.4, 0.5) is 5.69 Å². The lowest BCUT2D eigenvalue weighted by atomic mass is 10.1. The Balaban J connectivity index is 1.58. The van der Waals surface area contributed by atoms with E-state index in [1.807, 2.05) is 6.07 Å². The number of anilines is 1. The highest BCUT2D eigenvalue weighted by atomic mass is 32.2. The summed E-state index contributed by atoms with van der Waals surface area (Å²) in [7, 11) is -2.28. The quantitative estimate of drug-likeness (QED) is 0.388. The molecule has 0 unspecified atom stereocenters. The average molecular weight is 452 g/mol. The first-order valence-electron chi connectivity index (χ1n) is 9.57. The molecule has 0 atom stereocenters. The lowest BCUT2D eigenvalue weighted by Gasteiger charge is -2.09. The zero-order valence-corrected chi connectivity index (χ0v) is 18.0. The standard InChI is InChI=1S/C24H21NO6S/c1-30-23-10-6-5-9-21(23)22(26)17-31-24(27)19-11-13-20(14-12-19)25-32(28,29)16-15-18-7-3-2-4-8-18/h2-16,25H,17H2,1H3/b16-15+. The second-order valence-electron chi connectivity index (χ2n) is 6.64. The Bertz CT molecular complexity index is 1220. The number of rotatable bonds is 9. The van der Waals surface area contributed by atoms with Gasteiger partial charge in [0.25, 0.3) is 10.0 Å². The maximum Gasteiger partial charge on any atom is 0.338 e. The van der Waals surface area contributed by atoms with Crippen molar-refractivity contribution in [3.8, 4) is 5.75 Å². The van der Waals surface area contributed by atoms with Crippen LogP contribution in [-0.4, -0.2) is 33.9 Å². The largest absolute Gasteiger partial charge is 0.496 e. The number of ether oxygens (including phenoxy) is 2. The first-order chi connectivity index (χ1) is 15.4. The molecular weight excluding hydrogens is 430 g/mol. The molecule has 1 N–H and O–H groups in total. The number of hydrogen-bond donors (Lipinski definition) is 1. The third-order valence-electron chi connectivity index (χ3n) is 4.36. The van der Waals surface area contributed by atoms with Crippen molar-refractivity contribution in [3.63, 3.8) is 0 Å². The number of para-hydroxylation sites is 1. The van der Waals surface area contributed by atoms with Gasteiger partial charge in [-0.05, 0) is 48.0 Å². The third-order valence-corrected chi connectivity index (χ3v) is 5.38. The number of carbonyl (C=O) groups is 2. The molecule has 0 aromatic heterocycles. The van der Waals surface area contributed by atoms with Crippen LogP contribution in [0.5, 0.6) is 5.75 Å². The van der Waals surface area contributed by atoms with Crippen molar-refractivity contribution >= 4 is 33.5 Å². The van der Waals surface area contributed by atoms with Gasteiger partial charge < -0.3 is 9.47 Å². The van der Waals surface area contributed by atoms with Crippen LogP contribution in [0.2, 0.25) is 0 Å². The van der Waals surface area contributed by atoms with Crippen LogP contribution < -0.4 is 9.46 Å². The number of carbonyl (C=O) groups excluding carboxylic acids is 2. The van der Waals surface area contributed by atoms with Crippen molar-refractivity contribution in [2.24, 2.45) is 0 Å². The number of hydrogen-bond acceptors (Lipinski definition) is 6. The molecule has 0 heterocycles. The van der Waals surface area contributed by atoms with E-state index >= 15 is 0 Å². The molecule has 3 aromatic carbocycles. The summed E-state index contributed by atoms with van der Waals surface area (Å²) < 4.78 is 37.1. The third kappa shape index (κ3) is 6.29. The summed E-state index contributed by atoms with van der Waals surface area (Å²) >= 11 is 0. The molecule has 0 saturated carbocycles. The molecule has 0 aliphatic rings. The number of esters is 1. The van der Waals surface area contributed by atoms with Gasteiger partial charge in [0.15, 0.2) is 6.61 Å². The first kappa shape index (κ1) is 22.8. The summed E-state index contributed by atoms with van der Waals surface area (Å²) in [6.07, 6.45) is 1.48. The molecule has 0 aliphatic carbocycles. The fourth-order valence-corrected chi connectivity index (χ4v) is 3.64. The lowest BCUT2D eigenvalue weighted by molar-refractivity contribution is 0.0474. The Hall–Kier alpha value is -3.91. The molecule has 0 aliphatic heterocycles. The van der Waals surface area contributed by atoms with Crippen LogP contribution in [0.25, 0.3) is 6.08 Å². The minimum Gasteiger partial charge on any atom is -0.496 e. The van der Waals surface area contributed by atoms with Gasteiger partial charge in [-0.3, -0.25) is 9.52 Å². The summed E-state index contributed by atoms with van der Waals surface area (Å²) in [4.78, 5) is 24.5. The topological polar surface area (TPSA) is 98.8 Å². The predicted molar refractivity (Wildman–Crippen MR) is 122 cm³/mol. The number of ketones is 1. The van der Waals surface area contributed by atoms with E-state index in [-0.39, 0.29) is 11.3 Å². The average Bonchev–Trinajstić information content (AvgIpc) is 2.82. The molecule has 8 heteroatoms. The van der Waals surface area contributed by atoms with E-state index in [2.05, 4.69) is 4.72 Å². The van der Waals surface area contributed by atoms with Gasteiger partial charge in [0.1, 0.15) is 5.75 Å². The summed E-state index contributed by atoms with van der Waals surface area (Å²) in [6, 6.07) is 21.4. The fraction of sp³-hybridized carbons (Fsp3) is 0.0833. The normalized spacial score (nSPS) is 11.2. The Morgan fingerprint density at radius 3 is 2.25 bits per heavy atom. The van der Waals surface area contributed by atoms with E-state index in [4.69, 9.17) is 9.47 Å². The van der Waals surface area contributed by atoms with Gasteiger partial charge in [-0.15, -0.1) is 0 Å². The van der Waals surface area contributed by atoms with Crippen LogP contribution in [0.3, 0.4) is 0 Å². The Morgan fingerprint density at radius 2 is 1.56 bits per heavy atom. The van der Waals surface area contributed by atoms with E-state index in [1.54, 1.807) is 48.5 Å². The van der Waals surface area contributed by atoms with Gasteiger partial charge in [-0.25, -0.2) is 13.2 Å². The molecular formula is C24H21NO6S. The SMILES string of the molecule is COc1ccccc1C(=O)COC(=O)c1ccc(NS(=O)(=O)/C=C/c2ccccc2)cc1. The molecule has 3 rings (SSSR count). The van der Waals surface area contributed by atoms with E-state index in [1.165, 1.54) is 37.5 Å². The molecule has 164 valence electrons. The Labute approximate surface area is 186 Å². The molecule has 0 radical (unpaired) electrons. The van der Waals surface area contributed by atoms with Crippen LogP contribution >= 0.6 is 0 Å². The maximum atomic E-state index is 12.3. The van der Waals surface area contributed by atoms with Gasteiger partial charge in [-0.1, -0.05) is 42.5 Å². The smallest absolute Gasteiger partial charge is 0.338 e. The second kappa shape index (κ2) is 10.4. The van der Waals surface area contributed by atoms with Gasteiger partial charge in [0.05, 0.1) is 23.6 Å². The number of Topliss-reactive ketones (excluding diaryl/α,β-unsaturated/α-hetero) is 1. The monoisotopic (exact) mass is 451 g/mol. The highest BCUT2D eigenvalue weighted by molar-refractivity contribution is 7.95. The number of benzene rings is 3. The molecule has 0 bridgehead atoms. The van der Waals surface area contributed by atoms with Crippen LogP contribution in [-0.2, 0) is 14.8 Å². The molecule has 0 saturated heterocycles. The minimum atomic E-state index is -3.73. The van der Waals surface area contributed by atoms with Crippen molar-refractivity contribution in [2.75, 3.05) is 18.4 Å². The number of methoxy groups -OCH3 is 1. The van der Waals surface area contributed by atoms with Gasteiger partial charge >= 0.3 is 5.97 Å². The van der Waals surface area contributed by atoms with Crippen molar-refractivity contribution in [1.82, 2.24) is 0 Å². The Kier molecular flexibility index (Phi) is 7.41. The minimum absolute atomic E-state index is 0.181. The van der Waals surface area contributed by atoms with E-state index in [9.17, 15) is 18.0 Å². The van der Waals surface area contributed by atoms with E-state index < -0.39 is 28.4 Å². The maximum absolute atomic E-state index is 12.3. The molecule has 0 amide bonds. The molecule has 0 fully saturated rings. The Morgan fingerprint density at radius 1 is 0.906 bits per heavy atom. The highest BCUT2D eigenvalue weighted by Crippen LogP contribution is 2.18. The van der Waals surface area contributed by atoms with Crippen molar-refractivity contribution < 1.29 is 27.5 Å². The van der Waals surface area contributed by atoms with Crippen molar-refractivity contribution in [3.05, 3.63) is 101 Å². The first-order valence-corrected chi connectivity index (χ1v) is 11.1. The molecule has 7 nitrogen and oxygen atoms in total. The lowest BCUT2D eigenvalue weighted by Crippen LogP contribution is -2.15. The van der Waals surface area contributed by atoms with Crippen LogP contribution in [0, 0.1) is 0 Å². The highest BCUT2D eigenvalue weighted by Gasteiger charge is 2.15. The molecule has 3 aromatic rings. The predicted octanol–water partition coefficient (Wildman–Crippen LogP) is 4.15. The number of nitrogens with one attached hydrogen (secondary N) is 1. The summed E-state index contributed by atoms with van der Waals surface area (Å²) in [6.45, 7) is -0.447. The van der Waals surface area contributed by atoms with E-state index in [0.717, 1.165) is 11.0 Å².